The van der Waals surface area contributed by atoms with Crippen LogP contribution < -0.4 is 4.90 Å². The van der Waals surface area contributed by atoms with Crippen molar-refractivity contribution in [3.05, 3.63) is 33.0 Å². The molecule has 0 aromatic carbocycles. The molecule has 1 atom stereocenters. The lowest BCUT2D eigenvalue weighted by molar-refractivity contribution is 0.0690. The van der Waals surface area contributed by atoms with Crippen LogP contribution in [0.4, 0.5) is 5.13 Å². The standard InChI is InChI=1S/C13H16N2O2S2/c1-8(7-10-5-4-6-18-10)15(3)13-14-11(12(16)17)9(2)19-13/h4-6,8H,7H2,1-3H3,(H,16,17). The maximum atomic E-state index is 11.0. The molecule has 4 nitrogen and oxygen atoms in total. The molecule has 0 bridgehead atoms. The van der Waals surface area contributed by atoms with Crippen molar-refractivity contribution < 1.29 is 9.90 Å². The van der Waals surface area contributed by atoms with Gasteiger partial charge >= 0.3 is 5.97 Å². The topological polar surface area (TPSA) is 53.4 Å². The van der Waals surface area contributed by atoms with Crippen LogP contribution in [0.1, 0.15) is 27.2 Å². The summed E-state index contributed by atoms with van der Waals surface area (Å²) in [4.78, 5) is 19.3. The summed E-state index contributed by atoms with van der Waals surface area (Å²) in [5, 5.41) is 11.9. The van der Waals surface area contributed by atoms with Crippen LogP contribution in [-0.2, 0) is 6.42 Å². The molecule has 2 aromatic heterocycles. The Morgan fingerprint density at radius 2 is 2.32 bits per heavy atom. The zero-order chi connectivity index (χ0) is 14.0. The van der Waals surface area contributed by atoms with Gasteiger partial charge in [-0.2, -0.15) is 0 Å². The zero-order valence-electron chi connectivity index (χ0n) is 11.1. The van der Waals surface area contributed by atoms with Gasteiger partial charge in [-0.1, -0.05) is 6.07 Å². The molecule has 0 spiro atoms. The van der Waals surface area contributed by atoms with E-state index < -0.39 is 5.97 Å². The van der Waals surface area contributed by atoms with E-state index in [9.17, 15) is 4.79 Å². The van der Waals surface area contributed by atoms with Crippen molar-refractivity contribution in [2.45, 2.75) is 26.3 Å². The lowest BCUT2D eigenvalue weighted by atomic mass is 10.2. The first-order chi connectivity index (χ1) is 8.99. The molecule has 0 saturated heterocycles. The van der Waals surface area contributed by atoms with E-state index in [2.05, 4.69) is 23.4 Å². The fourth-order valence-corrected chi connectivity index (χ4v) is 3.57. The molecule has 6 heteroatoms. The second-order valence-electron chi connectivity index (χ2n) is 4.45. The molecule has 0 saturated carbocycles. The molecular formula is C13H16N2O2S2. The van der Waals surface area contributed by atoms with E-state index in [1.54, 1.807) is 18.3 Å². The van der Waals surface area contributed by atoms with E-state index in [-0.39, 0.29) is 11.7 Å². The minimum absolute atomic E-state index is 0.162. The molecule has 1 unspecified atom stereocenters. The van der Waals surface area contributed by atoms with Crippen LogP contribution in [0.3, 0.4) is 0 Å². The van der Waals surface area contributed by atoms with E-state index >= 15 is 0 Å². The molecule has 102 valence electrons. The molecule has 2 heterocycles. The smallest absolute Gasteiger partial charge is 0.355 e. The first-order valence-electron chi connectivity index (χ1n) is 5.95. The fraction of sp³-hybridized carbons (Fsp3) is 0.385. The van der Waals surface area contributed by atoms with Crippen LogP contribution >= 0.6 is 22.7 Å². The van der Waals surface area contributed by atoms with Crippen LogP contribution in [0.25, 0.3) is 0 Å². The van der Waals surface area contributed by atoms with Crippen molar-refractivity contribution in [2.75, 3.05) is 11.9 Å². The number of hydrogen-bond acceptors (Lipinski definition) is 5. The Bertz CT molecular complexity index is 563. The van der Waals surface area contributed by atoms with Crippen molar-refractivity contribution in [1.82, 2.24) is 4.98 Å². The van der Waals surface area contributed by atoms with Gasteiger partial charge in [0, 0.05) is 29.3 Å². The number of hydrogen-bond donors (Lipinski definition) is 1. The van der Waals surface area contributed by atoms with Gasteiger partial charge in [0.2, 0.25) is 0 Å². The Morgan fingerprint density at radius 1 is 1.58 bits per heavy atom. The number of anilines is 1. The normalized spacial score (nSPS) is 12.4. The highest BCUT2D eigenvalue weighted by Gasteiger charge is 2.19. The summed E-state index contributed by atoms with van der Waals surface area (Å²) in [6, 6.07) is 4.44. The minimum atomic E-state index is -0.959. The molecule has 0 fully saturated rings. The number of aryl methyl sites for hydroxylation is 1. The molecular weight excluding hydrogens is 280 g/mol. The van der Waals surface area contributed by atoms with Crippen LogP contribution in [0.15, 0.2) is 17.5 Å². The third-order valence-electron chi connectivity index (χ3n) is 3.03. The zero-order valence-corrected chi connectivity index (χ0v) is 12.7. The monoisotopic (exact) mass is 296 g/mol. The molecule has 0 aliphatic rings. The Hall–Kier alpha value is -1.40. The quantitative estimate of drug-likeness (QED) is 0.920. The van der Waals surface area contributed by atoms with E-state index in [1.165, 1.54) is 16.2 Å². The lowest BCUT2D eigenvalue weighted by Gasteiger charge is -2.23. The van der Waals surface area contributed by atoms with Gasteiger partial charge in [-0.15, -0.1) is 22.7 Å². The maximum Gasteiger partial charge on any atom is 0.355 e. The Morgan fingerprint density at radius 3 is 2.84 bits per heavy atom. The summed E-state index contributed by atoms with van der Waals surface area (Å²) in [6.45, 7) is 3.92. The van der Waals surface area contributed by atoms with Crippen molar-refractivity contribution in [1.29, 1.82) is 0 Å². The van der Waals surface area contributed by atoms with Gasteiger partial charge in [-0.3, -0.25) is 0 Å². The molecule has 2 rings (SSSR count). The number of thiophene rings is 1. The summed E-state index contributed by atoms with van der Waals surface area (Å²) in [5.74, 6) is -0.959. The number of carboxylic acids is 1. The van der Waals surface area contributed by atoms with E-state index in [1.807, 2.05) is 18.0 Å². The predicted molar refractivity (Wildman–Crippen MR) is 79.7 cm³/mol. The largest absolute Gasteiger partial charge is 0.476 e. The van der Waals surface area contributed by atoms with Gasteiger partial charge in [0.15, 0.2) is 10.8 Å². The highest BCUT2D eigenvalue weighted by Crippen LogP contribution is 2.27. The van der Waals surface area contributed by atoms with Crippen molar-refractivity contribution >= 4 is 33.8 Å². The summed E-state index contributed by atoms with van der Waals surface area (Å²) in [7, 11) is 1.96. The number of rotatable bonds is 5. The summed E-state index contributed by atoms with van der Waals surface area (Å²) in [5.41, 5.74) is 0.162. The van der Waals surface area contributed by atoms with Gasteiger partial charge in [0.05, 0.1) is 0 Å². The Labute approximate surface area is 120 Å². The number of nitrogens with zero attached hydrogens (tertiary/aromatic N) is 2. The van der Waals surface area contributed by atoms with Crippen molar-refractivity contribution in [3.8, 4) is 0 Å². The number of aromatic carboxylic acids is 1. The second kappa shape index (κ2) is 5.71. The minimum Gasteiger partial charge on any atom is -0.476 e. The lowest BCUT2D eigenvalue weighted by Crippen LogP contribution is -2.30. The number of thiazole rings is 1. The first kappa shape index (κ1) is 14.0. The first-order valence-corrected chi connectivity index (χ1v) is 7.64. The number of carbonyl (C=O) groups is 1. The van der Waals surface area contributed by atoms with E-state index in [0.717, 1.165) is 16.4 Å². The van der Waals surface area contributed by atoms with Gasteiger partial charge in [0.25, 0.3) is 0 Å². The molecule has 0 aliphatic carbocycles. The summed E-state index contributed by atoms with van der Waals surface area (Å²) < 4.78 is 0. The maximum absolute atomic E-state index is 11.0. The summed E-state index contributed by atoms with van der Waals surface area (Å²) in [6.07, 6.45) is 0.940. The van der Waals surface area contributed by atoms with Crippen molar-refractivity contribution in [3.63, 3.8) is 0 Å². The molecule has 0 aliphatic heterocycles. The fourth-order valence-electron chi connectivity index (χ4n) is 1.78. The molecule has 2 aromatic rings. The summed E-state index contributed by atoms with van der Waals surface area (Å²) >= 11 is 3.17. The number of aromatic nitrogens is 1. The third-order valence-corrected chi connectivity index (χ3v) is 4.99. The average molecular weight is 296 g/mol. The SMILES string of the molecule is Cc1sc(N(C)C(C)Cc2cccs2)nc1C(=O)O. The highest BCUT2D eigenvalue weighted by atomic mass is 32.1. The highest BCUT2D eigenvalue weighted by molar-refractivity contribution is 7.15. The van der Waals surface area contributed by atoms with Crippen LogP contribution in [0.2, 0.25) is 0 Å². The van der Waals surface area contributed by atoms with Gasteiger partial charge < -0.3 is 10.0 Å². The van der Waals surface area contributed by atoms with E-state index in [4.69, 9.17) is 5.11 Å². The predicted octanol–water partition coefficient (Wildman–Crippen LogP) is 3.28. The van der Waals surface area contributed by atoms with Crippen molar-refractivity contribution in [2.24, 2.45) is 0 Å². The molecule has 0 amide bonds. The molecule has 1 N–H and O–H groups in total. The van der Waals surface area contributed by atoms with Gasteiger partial charge in [-0.05, 0) is 25.3 Å². The third kappa shape index (κ3) is 3.13. The van der Waals surface area contributed by atoms with Crippen LogP contribution in [0, 0.1) is 6.92 Å². The van der Waals surface area contributed by atoms with Crippen LogP contribution in [0.5, 0.6) is 0 Å². The van der Waals surface area contributed by atoms with Gasteiger partial charge in [0.1, 0.15) is 0 Å². The van der Waals surface area contributed by atoms with Crippen LogP contribution in [-0.4, -0.2) is 29.1 Å². The Kier molecular flexibility index (Phi) is 4.21. The van der Waals surface area contributed by atoms with Gasteiger partial charge in [-0.25, -0.2) is 9.78 Å². The van der Waals surface area contributed by atoms with E-state index in [0.29, 0.717) is 0 Å². The molecule has 19 heavy (non-hydrogen) atoms. The average Bonchev–Trinajstić information content (AvgIpc) is 2.97. The number of carboxylic acid groups (broad SMARTS) is 1. The second-order valence-corrected chi connectivity index (χ2v) is 6.66. The molecule has 0 radical (unpaired) electrons. The number of likely N-dealkylation sites (N-methyl/N-ethyl adjacent to an activating group) is 1. The Balaban J connectivity index is 2.12.